The summed E-state index contributed by atoms with van der Waals surface area (Å²) in [7, 11) is -12.9. The third kappa shape index (κ3) is 19.9. The molecule has 2 unspecified atom stereocenters. The lowest BCUT2D eigenvalue weighted by Crippen LogP contribution is -2.58. The summed E-state index contributed by atoms with van der Waals surface area (Å²) < 4.78 is 98.5. The van der Waals surface area contributed by atoms with Gasteiger partial charge < -0.3 is 45.9 Å². The Morgan fingerprint density at radius 2 is 0.873 bits per heavy atom. The second kappa shape index (κ2) is 22.2. The van der Waals surface area contributed by atoms with Crippen molar-refractivity contribution in [3.63, 3.8) is 0 Å². The second-order valence-electron chi connectivity index (χ2n) is 26.8. The van der Waals surface area contributed by atoms with Gasteiger partial charge in [-0.3, -0.25) is 18.9 Å². The molecule has 71 heavy (non-hydrogen) atoms. The number of para-hydroxylation sites is 2. The van der Waals surface area contributed by atoms with E-state index in [2.05, 4.69) is 63.3 Å². The molecule has 14 nitrogen and oxygen atoms in total. The molecule has 0 radical (unpaired) electrons. The predicted octanol–water partition coefficient (Wildman–Crippen LogP) is 14.5. The van der Waals surface area contributed by atoms with Crippen LogP contribution in [0.4, 0.5) is 0 Å². The highest BCUT2D eigenvalue weighted by Gasteiger charge is 2.47. The monoisotopic (exact) mass is 1070 g/mol. The van der Waals surface area contributed by atoms with E-state index in [4.69, 9.17) is 45.9 Å². The summed E-state index contributed by atoms with van der Waals surface area (Å²) in [5.74, 6) is -0.400. The fourth-order valence-corrected chi connectivity index (χ4v) is 14.9. The minimum Gasteiger partial charge on any atom is -0.462 e. The van der Waals surface area contributed by atoms with E-state index >= 15 is 9.13 Å². The molecule has 2 heterocycles. The van der Waals surface area contributed by atoms with Crippen molar-refractivity contribution in [1.82, 2.24) is 9.80 Å². The Morgan fingerprint density at radius 1 is 0.549 bits per heavy atom. The van der Waals surface area contributed by atoms with Gasteiger partial charge >= 0.3 is 15.2 Å². The standard InChI is InChI=1S/C53H96N2O12P2Si2/c1-47(2,3)64-68(56,65-48(4,5)6)37-54(31-39-27-25-29-41-33-58-52(16,17)62-45(39)41)43(35-60-70(20,21)22)44(36-61-71(23,24)51(13,14)15)55(38-69(57,66-49(7,8)9)67-50(10,11)12)32-40-28-26-30-42-34-59-53(18,19)63-46(40)42/h25-30,43-44H,31-38H2,1-24H3. The van der Waals surface area contributed by atoms with Crippen LogP contribution in [0.15, 0.2) is 36.4 Å². The van der Waals surface area contributed by atoms with E-state index in [1.807, 2.05) is 147 Å². The molecule has 0 aromatic heterocycles. The van der Waals surface area contributed by atoms with Gasteiger partial charge in [0.05, 0.1) is 60.9 Å². The van der Waals surface area contributed by atoms with E-state index < -0.39 is 77.9 Å². The Kier molecular flexibility index (Phi) is 19.5. The van der Waals surface area contributed by atoms with E-state index in [-0.39, 0.29) is 43.9 Å². The van der Waals surface area contributed by atoms with Crippen molar-refractivity contribution >= 4 is 31.8 Å². The molecule has 0 saturated heterocycles. The van der Waals surface area contributed by atoms with Gasteiger partial charge in [0.15, 0.2) is 16.6 Å². The first-order valence-corrected chi connectivity index (χ1v) is 35.2. The van der Waals surface area contributed by atoms with Crippen LogP contribution in [-0.4, -0.2) is 98.3 Å². The highest BCUT2D eigenvalue weighted by molar-refractivity contribution is 7.54. The molecule has 0 bridgehead atoms. The summed E-state index contributed by atoms with van der Waals surface area (Å²) in [5.41, 5.74) is 0.103. The molecule has 2 aromatic carbocycles. The maximum absolute atomic E-state index is 15.9. The number of rotatable bonds is 21. The first-order valence-electron chi connectivity index (χ1n) is 25.4. The predicted molar refractivity (Wildman–Crippen MR) is 291 cm³/mol. The lowest BCUT2D eigenvalue weighted by atomic mass is 10.0. The summed E-state index contributed by atoms with van der Waals surface area (Å²) in [6.45, 7) is 49.4. The second-order valence-corrected chi connectivity index (χ2v) is 39.9. The third-order valence-electron chi connectivity index (χ3n) is 11.8. The molecule has 0 N–H and O–H groups in total. The van der Waals surface area contributed by atoms with Crippen LogP contribution >= 0.6 is 15.2 Å². The molecule has 2 aliphatic heterocycles. The Balaban J connectivity index is 2.18. The van der Waals surface area contributed by atoms with E-state index in [0.29, 0.717) is 24.7 Å². The molecule has 0 fully saturated rings. The summed E-state index contributed by atoms with van der Waals surface area (Å²) >= 11 is 0. The van der Waals surface area contributed by atoms with Crippen LogP contribution in [0.25, 0.3) is 0 Å². The zero-order chi connectivity index (χ0) is 54.2. The van der Waals surface area contributed by atoms with Crippen molar-refractivity contribution in [3.8, 4) is 11.5 Å². The quantitative estimate of drug-likeness (QED) is 0.0867. The summed E-state index contributed by atoms with van der Waals surface area (Å²) in [6, 6.07) is 10.8. The molecule has 0 spiro atoms. The van der Waals surface area contributed by atoms with E-state index in [1.54, 1.807) is 0 Å². The molecule has 408 valence electrons. The lowest BCUT2D eigenvalue weighted by molar-refractivity contribution is -0.181. The molecule has 2 aliphatic rings. The zero-order valence-electron chi connectivity index (χ0n) is 48.5. The Labute approximate surface area is 432 Å². The summed E-state index contributed by atoms with van der Waals surface area (Å²) in [4.78, 5) is 4.34. The van der Waals surface area contributed by atoms with Crippen molar-refractivity contribution in [2.45, 2.75) is 242 Å². The topological polar surface area (TPSA) is 133 Å². The molecule has 0 aliphatic carbocycles. The number of nitrogens with zero attached hydrogens (tertiary/aromatic N) is 2. The van der Waals surface area contributed by atoms with Crippen LogP contribution in [0.3, 0.4) is 0 Å². The molecule has 0 amide bonds. The lowest BCUT2D eigenvalue weighted by Gasteiger charge is -2.47. The van der Waals surface area contributed by atoms with Crippen LogP contribution in [-0.2, 0) is 71.9 Å². The molecule has 2 aromatic rings. The van der Waals surface area contributed by atoms with Gasteiger partial charge in [0.1, 0.15) is 24.1 Å². The highest BCUT2D eigenvalue weighted by Crippen LogP contribution is 2.58. The number of ether oxygens (including phenoxy) is 4. The minimum atomic E-state index is -4.05. The average Bonchev–Trinajstić information content (AvgIpc) is 3.11. The number of benzene rings is 2. The molecular formula is C53H96N2O12P2Si2. The van der Waals surface area contributed by atoms with Crippen LogP contribution in [0.1, 0.15) is 154 Å². The van der Waals surface area contributed by atoms with Crippen molar-refractivity contribution < 1.29 is 55.0 Å². The van der Waals surface area contributed by atoms with Crippen molar-refractivity contribution in [3.05, 3.63) is 58.7 Å². The normalized spacial score (nSPS) is 18.2. The SMILES string of the molecule is CC(C)(C)OP(=O)(CN(Cc1cccc2c1OC(C)(C)OC2)C(CO[Si](C)(C)C)C(CO[Si](C)(C)C(C)(C)C)N(Cc1cccc2c1OC(C)(C)OC2)CP(=O)(OC(C)(C)C)OC(C)(C)C)OC(C)(C)C. The number of hydrogen-bond donors (Lipinski definition) is 0. The van der Waals surface area contributed by atoms with Crippen molar-refractivity contribution in [1.29, 1.82) is 0 Å². The maximum atomic E-state index is 15.9. The first-order chi connectivity index (χ1) is 31.8. The molecular weight excluding hydrogens is 975 g/mol. The van der Waals surface area contributed by atoms with Gasteiger partial charge in [0, 0.05) is 63.0 Å². The van der Waals surface area contributed by atoms with Gasteiger partial charge in [-0.25, -0.2) is 0 Å². The average molecular weight is 1070 g/mol. The smallest absolute Gasteiger partial charge is 0.345 e. The third-order valence-corrected chi connectivity index (χ3v) is 22.1. The van der Waals surface area contributed by atoms with Crippen LogP contribution < -0.4 is 9.47 Å². The largest absolute Gasteiger partial charge is 0.462 e. The Morgan fingerprint density at radius 3 is 1.17 bits per heavy atom. The van der Waals surface area contributed by atoms with E-state index in [0.717, 1.165) is 22.3 Å². The number of fused-ring (bicyclic) bond motifs is 2. The summed E-state index contributed by atoms with van der Waals surface area (Å²) in [6.07, 6.45) is -0.281. The van der Waals surface area contributed by atoms with Gasteiger partial charge in [0.2, 0.25) is 11.6 Å². The Hall–Kier alpha value is -1.47. The first kappa shape index (κ1) is 62.1. The molecule has 4 rings (SSSR count). The van der Waals surface area contributed by atoms with Crippen LogP contribution in [0, 0.1) is 0 Å². The van der Waals surface area contributed by atoms with Gasteiger partial charge in [-0.2, -0.15) is 0 Å². The van der Waals surface area contributed by atoms with Crippen molar-refractivity contribution in [2.75, 3.05) is 25.8 Å². The van der Waals surface area contributed by atoms with Crippen LogP contribution in [0.5, 0.6) is 11.5 Å². The van der Waals surface area contributed by atoms with Gasteiger partial charge in [0.25, 0.3) is 0 Å². The fraction of sp³-hybridized carbons (Fsp3) is 0.774. The highest BCUT2D eigenvalue weighted by atomic mass is 31.2. The van der Waals surface area contributed by atoms with Gasteiger partial charge in [-0.15, -0.1) is 0 Å². The molecule has 2 atom stereocenters. The maximum Gasteiger partial charge on any atom is 0.345 e. The fourth-order valence-electron chi connectivity index (χ4n) is 8.08. The van der Waals surface area contributed by atoms with Gasteiger partial charge in [-0.05, 0) is 121 Å². The Bertz CT molecular complexity index is 2160. The van der Waals surface area contributed by atoms with Crippen molar-refractivity contribution in [2.24, 2.45) is 0 Å². The minimum absolute atomic E-state index is 0.140. The summed E-state index contributed by atoms with van der Waals surface area (Å²) in [5, 5.41) is -0.170. The van der Waals surface area contributed by atoms with Crippen LogP contribution in [0.2, 0.25) is 37.8 Å². The number of hydrogen-bond acceptors (Lipinski definition) is 14. The molecule has 18 heteroatoms. The van der Waals surface area contributed by atoms with Gasteiger partial charge in [-0.1, -0.05) is 57.2 Å². The zero-order valence-corrected chi connectivity index (χ0v) is 52.3. The molecule has 0 saturated carbocycles. The van der Waals surface area contributed by atoms with E-state index in [9.17, 15) is 0 Å². The van der Waals surface area contributed by atoms with E-state index in [1.165, 1.54) is 0 Å².